The Morgan fingerprint density at radius 1 is 0.744 bits per heavy atom. The fourth-order valence-corrected chi connectivity index (χ4v) is 5.60. The van der Waals surface area contributed by atoms with E-state index in [9.17, 15) is 4.79 Å². The van der Waals surface area contributed by atoms with Crippen molar-refractivity contribution in [3.05, 3.63) is 137 Å². The Balaban J connectivity index is 1.46. The first-order valence-electron chi connectivity index (χ1n) is 14.2. The van der Waals surface area contributed by atoms with E-state index in [1.54, 1.807) is 0 Å². The molecule has 0 saturated heterocycles. The summed E-state index contributed by atoms with van der Waals surface area (Å²) in [5.74, 6) is 1.08. The van der Waals surface area contributed by atoms with Crippen LogP contribution in [0.2, 0.25) is 0 Å². The van der Waals surface area contributed by atoms with Crippen molar-refractivity contribution in [2.24, 2.45) is 0 Å². The van der Waals surface area contributed by atoms with Gasteiger partial charge in [-0.2, -0.15) is 0 Å². The van der Waals surface area contributed by atoms with Crippen LogP contribution in [0.5, 0.6) is 5.75 Å². The van der Waals surface area contributed by atoms with Gasteiger partial charge in [0.05, 0.1) is 13.1 Å². The lowest BCUT2D eigenvalue weighted by Gasteiger charge is -2.37. The monoisotopic (exact) mass is 520 g/mol. The van der Waals surface area contributed by atoms with Crippen LogP contribution < -0.4 is 4.74 Å². The van der Waals surface area contributed by atoms with Crippen LogP contribution in [0, 0.1) is 13.8 Å². The number of benzene rings is 4. The Kier molecular flexibility index (Phi) is 9.73. The van der Waals surface area contributed by atoms with Gasteiger partial charge in [0.2, 0.25) is 0 Å². The second-order valence-electron chi connectivity index (χ2n) is 10.6. The van der Waals surface area contributed by atoms with Gasteiger partial charge in [-0.3, -0.25) is 4.79 Å². The van der Waals surface area contributed by atoms with Crippen molar-refractivity contribution in [1.82, 2.24) is 0 Å². The molecule has 0 saturated carbocycles. The SMILES string of the molecule is CC[N+](CC)(CCOc1c(C)cc(C(=O)CC(c2ccccc2)c2ccccc2)cc1C)Cc1ccccc1. The number of ketones is 1. The van der Waals surface area contributed by atoms with Gasteiger partial charge in [-0.1, -0.05) is 91.0 Å². The van der Waals surface area contributed by atoms with Crippen molar-refractivity contribution < 1.29 is 14.0 Å². The first-order chi connectivity index (χ1) is 18.9. The maximum absolute atomic E-state index is 13.6. The molecular formula is C36H42NO2+. The molecule has 0 atom stereocenters. The number of hydrogen-bond acceptors (Lipinski definition) is 2. The lowest BCUT2D eigenvalue weighted by atomic mass is 9.85. The first kappa shape index (κ1) is 28.3. The molecule has 3 nitrogen and oxygen atoms in total. The van der Waals surface area contributed by atoms with Crippen LogP contribution in [0.3, 0.4) is 0 Å². The number of Topliss-reactive ketones (excluding diaryl/α,β-unsaturated/α-hetero) is 1. The van der Waals surface area contributed by atoms with E-state index < -0.39 is 0 Å². The molecule has 4 rings (SSSR count). The van der Waals surface area contributed by atoms with Gasteiger partial charge in [0, 0.05) is 23.5 Å². The number of ether oxygens (including phenoxy) is 1. The lowest BCUT2D eigenvalue weighted by Crippen LogP contribution is -2.49. The molecule has 0 heterocycles. The molecule has 4 aromatic rings. The molecule has 0 aliphatic carbocycles. The van der Waals surface area contributed by atoms with E-state index in [4.69, 9.17) is 4.74 Å². The Labute approximate surface area is 234 Å². The van der Waals surface area contributed by atoms with Crippen molar-refractivity contribution in [2.75, 3.05) is 26.2 Å². The number of likely N-dealkylation sites (N-methyl/N-ethyl adjacent to an activating group) is 1. The minimum absolute atomic E-state index is 0.0232. The van der Waals surface area contributed by atoms with Gasteiger partial charge in [-0.05, 0) is 62.1 Å². The van der Waals surface area contributed by atoms with Gasteiger partial charge in [-0.25, -0.2) is 0 Å². The minimum Gasteiger partial charge on any atom is -0.487 e. The maximum Gasteiger partial charge on any atom is 0.163 e. The van der Waals surface area contributed by atoms with Gasteiger partial charge in [-0.15, -0.1) is 0 Å². The van der Waals surface area contributed by atoms with Crippen molar-refractivity contribution in [1.29, 1.82) is 0 Å². The van der Waals surface area contributed by atoms with Crippen molar-refractivity contribution in [3.63, 3.8) is 0 Å². The highest BCUT2D eigenvalue weighted by Crippen LogP contribution is 2.31. The van der Waals surface area contributed by atoms with E-state index >= 15 is 0 Å². The van der Waals surface area contributed by atoms with Crippen LogP contribution in [0.25, 0.3) is 0 Å². The van der Waals surface area contributed by atoms with Gasteiger partial charge in [0.25, 0.3) is 0 Å². The van der Waals surface area contributed by atoms with E-state index in [1.807, 2.05) is 48.5 Å². The number of rotatable bonds is 13. The molecule has 0 bridgehead atoms. The molecule has 0 amide bonds. The van der Waals surface area contributed by atoms with Gasteiger partial charge >= 0.3 is 0 Å². The van der Waals surface area contributed by atoms with Gasteiger partial charge in [0.1, 0.15) is 25.4 Å². The molecule has 0 aliphatic rings. The average Bonchev–Trinajstić information content (AvgIpc) is 2.98. The second kappa shape index (κ2) is 13.4. The van der Waals surface area contributed by atoms with Crippen molar-refractivity contribution >= 4 is 5.78 Å². The summed E-state index contributed by atoms with van der Waals surface area (Å²) >= 11 is 0. The van der Waals surface area contributed by atoms with Crippen LogP contribution in [0.15, 0.2) is 103 Å². The zero-order chi connectivity index (χ0) is 27.7. The molecule has 202 valence electrons. The largest absolute Gasteiger partial charge is 0.487 e. The van der Waals surface area contributed by atoms with Crippen LogP contribution in [0.1, 0.15) is 64.4 Å². The summed E-state index contributed by atoms with van der Waals surface area (Å²) < 4.78 is 7.38. The second-order valence-corrected chi connectivity index (χ2v) is 10.6. The fraction of sp³-hybridized carbons (Fsp3) is 0.306. The molecular weight excluding hydrogens is 478 g/mol. The van der Waals surface area contributed by atoms with E-state index in [0.717, 1.165) is 64.2 Å². The number of hydrogen-bond donors (Lipinski definition) is 0. The van der Waals surface area contributed by atoms with Crippen LogP contribution in [0.4, 0.5) is 0 Å². The Morgan fingerprint density at radius 2 is 1.23 bits per heavy atom. The summed E-state index contributed by atoms with van der Waals surface area (Å²) in [6, 6.07) is 35.4. The molecule has 39 heavy (non-hydrogen) atoms. The quantitative estimate of drug-likeness (QED) is 0.131. The fourth-order valence-electron chi connectivity index (χ4n) is 5.60. The lowest BCUT2D eigenvalue weighted by molar-refractivity contribution is -0.937. The third-order valence-electron chi connectivity index (χ3n) is 8.09. The van der Waals surface area contributed by atoms with Crippen LogP contribution >= 0.6 is 0 Å². The number of carbonyl (C=O) groups excluding carboxylic acids is 1. The van der Waals surface area contributed by atoms with Gasteiger partial charge in [0.15, 0.2) is 5.78 Å². The zero-order valence-corrected chi connectivity index (χ0v) is 23.9. The predicted molar refractivity (Wildman–Crippen MR) is 161 cm³/mol. The average molecular weight is 521 g/mol. The standard InChI is InChI=1S/C36H42NO2/c1-5-37(6-2,27-30-16-10-7-11-17-30)22-23-39-36-28(3)24-33(25-29(36)4)35(38)26-34(31-18-12-8-13-19-31)32-20-14-9-15-21-32/h7-21,24-25,34H,5-6,22-23,26-27H2,1-4H3/q+1. The van der Waals surface area contributed by atoms with Crippen molar-refractivity contribution in [3.8, 4) is 5.75 Å². The van der Waals surface area contributed by atoms with E-state index in [-0.39, 0.29) is 11.7 Å². The molecule has 0 aromatic heterocycles. The Morgan fingerprint density at radius 3 is 1.72 bits per heavy atom. The minimum atomic E-state index is 0.0232. The van der Waals surface area contributed by atoms with Gasteiger partial charge < -0.3 is 9.22 Å². The third kappa shape index (κ3) is 7.25. The van der Waals surface area contributed by atoms with Crippen LogP contribution in [-0.4, -0.2) is 36.5 Å². The number of nitrogens with zero attached hydrogens (tertiary/aromatic N) is 1. The number of aryl methyl sites for hydroxylation is 2. The normalized spacial score (nSPS) is 11.5. The highest BCUT2D eigenvalue weighted by Gasteiger charge is 2.25. The summed E-state index contributed by atoms with van der Waals surface area (Å²) in [4.78, 5) is 13.6. The Bertz CT molecular complexity index is 1270. The number of quaternary nitrogens is 1. The molecule has 3 heteroatoms. The van der Waals surface area contributed by atoms with E-state index in [0.29, 0.717) is 13.0 Å². The zero-order valence-electron chi connectivity index (χ0n) is 23.9. The van der Waals surface area contributed by atoms with E-state index in [1.165, 1.54) is 5.56 Å². The maximum atomic E-state index is 13.6. The summed E-state index contributed by atoms with van der Waals surface area (Å²) in [6.45, 7) is 13.3. The molecule has 0 fully saturated rings. The molecule has 0 unspecified atom stereocenters. The molecule has 0 radical (unpaired) electrons. The molecule has 0 aliphatic heterocycles. The number of carbonyl (C=O) groups is 1. The predicted octanol–water partition coefficient (Wildman–Crippen LogP) is 8.14. The highest BCUT2D eigenvalue weighted by atomic mass is 16.5. The highest BCUT2D eigenvalue weighted by molar-refractivity contribution is 5.97. The molecule has 4 aromatic carbocycles. The van der Waals surface area contributed by atoms with E-state index in [2.05, 4.69) is 82.3 Å². The van der Waals surface area contributed by atoms with Crippen molar-refractivity contribution in [2.45, 2.75) is 46.6 Å². The summed E-state index contributed by atoms with van der Waals surface area (Å²) in [5.41, 5.74) is 6.47. The Hall–Kier alpha value is -3.69. The summed E-state index contributed by atoms with van der Waals surface area (Å²) in [6.07, 6.45) is 0.430. The summed E-state index contributed by atoms with van der Waals surface area (Å²) in [7, 11) is 0. The topological polar surface area (TPSA) is 26.3 Å². The smallest absolute Gasteiger partial charge is 0.163 e. The third-order valence-corrected chi connectivity index (χ3v) is 8.09. The summed E-state index contributed by atoms with van der Waals surface area (Å²) in [5, 5.41) is 0. The first-order valence-corrected chi connectivity index (χ1v) is 14.2. The van der Waals surface area contributed by atoms with Crippen LogP contribution in [-0.2, 0) is 6.54 Å². The molecule has 0 N–H and O–H groups in total. The molecule has 0 spiro atoms.